The molecule has 12 heavy (non-hydrogen) atoms. The minimum atomic E-state index is 0.00708. The fourth-order valence-corrected chi connectivity index (χ4v) is 2.24. The maximum atomic E-state index is 10.9. The fourth-order valence-electron chi connectivity index (χ4n) is 2.10. The normalized spacial score (nSPS) is 22.1. The molecule has 0 amide bonds. The van der Waals surface area contributed by atoms with E-state index in [1.807, 2.05) is 0 Å². The molecule has 1 nitrogen and oxygen atoms in total. The van der Waals surface area contributed by atoms with E-state index < -0.39 is 0 Å². The van der Waals surface area contributed by atoms with Gasteiger partial charge in [0.25, 0.3) is 0 Å². The second-order valence-electron chi connectivity index (χ2n) is 3.83. The Labute approximate surface area is 79.5 Å². The van der Waals surface area contributed by atoms with E-state index in [-0.39, 0.29) is 5.41 Å². The van der Waals surface area contributed by atoms with Gasteiger partial charge in [-0.15, -0.1) is 11.6 Å². The summed E-state index contributed by atoms with van der Waals surface area (Å²) in [4.78, 5) is 10.9. The molecule has 0 saturated heterocycles. The SMILES string of the molecule is O=CC1(CCCCl)CCCCC1. The molecule has 0 bridgehead atoms. The molecule has 1 fully saturated rings. The fraction of sp³-hybridized carbons (Fsp3) is 0.900. The van der Waals surface area contributed by atoms with Gasteiger partial charge in [0.05, 0.1) is 0 Å². The van der Waals surface area contributed by atoms with Crippen LogP contribution in [0.15, 0.2) is 0 Å². The van der Waals surface area contributed by atoms with Crippen LogP contribution in [0.1, 0.15) is 44.9 Å². The highest BCUT2D eigenvalue weighted by Crippen LogP contribution is 2.38. The minimum absolute atomic E-state index is 0.00708. The second-order valence-corrected chi connectivity index (χ2v) is 4.21. The van der Waals surface area contributed by atoms with E-state index in [1.165, 1.54) is 25.5 Å². The van der Waals surface area contributed by atoms with Crippen LogP contribution in [0.5, 0.6) is 0 Å². The van der Waals surface area contributed by atoms with Crippen molar-refractivity contribution < 1.29 is 4.79 Å². The molecule has 1 aliphatic rings. The monoisotopic (exact) mass is 188 g/mol. The molecule has 70 valence electrons. The smallest absolute Gasteiger partial charge is 0.126 e. The maximum Gasteiger partial charge on any atom is 0.126 e. The van der Waals surface area contributed by atoms with Crippen LogP contribution in [0.4, 0.5) is 0 Å². The topological polar surface area (TPSA) is 17.1 Å². The summed E-state index contributed by atoms with van der Waals surface area (Å²) < 4.78 is 0. The first-order chi connectivity index (χ1) is 5.83. The van der Waals surface area contributed by atoms with Crippen molar-refractivity contribution in [3.63, 3.8) is 0 Å². The maximum absolute atomic E-state index is 10.9. The first-order valence-electron chi connectivity index (χ1n) is 4.85. The predicted molar refractivity (Wildman–Crippen MR) is 51.5 cm³/mol. The number of rotatable bonds is 4. The van der Waals surface area contributed by atoms with E-state index in [4.69, 9.17) is 11.6 Å². The summed E-state index contributed by atoms with van der Waals surface area (Å²) in [5.41, 5.74) is 0.00708. The van der Waals surface area contributed by atoms with E-state index in [2.05, 4.69) is 0 Å². The minimum Gasteiger partial charge on any atom is -0.303 e. The molecule has 0 spiro atoms. The average molecular weight is 189 g/mol. The van der Waals surface area contributed by atoms with Crippen LogP contribution < -0.4 is 0 Å². The third-order valence-electron chi connectivity index (χ3n) is 2.91. The molecule has 1 rings (SSSR count). The zero-order valence-corrected chi connectivity index (χ0v) is 8.28. The van der Waals surface area contributed by atoms with E-state index in [0.29, 0.717) is 5.88 Å². The molecule has 0 aromatic rings. The zero-order valence-electron chi connectivity index (χ0n) is 7.52. The Morgan fingerprint density at radius 3 is 2.42 bits per heavy atom. The van der Waals surface area contributed by atoms with Crippen molar-refractivity contribution in [2.24, 2.45) is 5.41 Å². The largest absolute Gasteiger partial charge is 0.303 e. The summed E-state index contributed by atoms with van der Waals surface area (Å²) in [5.74, 6) is 0.690. The van der Waals surface area contributed by atoms with Crippen LogP contribution in [-0.4, -0.2) is 12.2 Å². The average Bonchev–Trinajstić information content (AvgIpc) is 2.16. The number of hydrogen-bond acceptors (Lipinski definition) is 1. The summed E-state index contributed by atoms with van der Waals surface area (Å²) >= 11 is 5.62. The number of carbonyl (C=O) groups excluding carboxylic acids is 1. The van der Waals surface area contributed by atoms with Crippen LogP contribution in [0.3, 0.4) is 0 Å². The first kappa shape index (κ1) is 10.0. The number of hydrogen-bond donors (Lipinski definition) is 0. The number of halogens is 1. The molecule has 0 unspecified atom stereocenters. The van der Waals surface area contributed by atoms with Crippen LogP contribution in [0, 0.1) is 5.41 Å². The van der Waals surface area contributed by atoms with E-state index >= 15 is 0 Å². The predicted octanol–water partition coefficient (Wildman–Crippen LogP) is 3.15. The number of carbonyl (C=O) groups is 1. The Morgan fingerprint density at radius 1 is 1.25 bits per heavy atom. The summed E-state index contributed by atoms with van der Waals surface area (Å²) in [6, 6.07) is 0. The Bertz CT molecular complexity index is 139. The summed E-state index contributed by atoms with van der Waals surface area (Å²) in [5, 5.41) is 0. The van der Waals surface area contributed by atoms with Gasteiger partial charge in [0, 0.05) is 11.3 Å². The molecule has 0 radical (unpaired) electrons. The van der Waals surface area contributed by atoms with Gasteiger partial charge >= 0.3 is 0 Å². The molecule has 1 saturated carbocycles. The van der Waals surface area contributed by atoms with Gasteiger partial charge in [-0.25, -0.2) is 0 Å². The summed E-state index contributed by atoms with van der Waals surface area (Å²) in [6.45, 7) is 0. The van der Waals surface area contributed by atoms with Gasteiger partial charge in [0.2, 0.25) is 0 Å². The summed E-state index contributed by atoms with van der Waals surface area (Å²) in [7, 11) is 0. The van der Waals surface area contributed by atoms with Gasteiger partial charge in [-0.05, 0) is 25.7 Å². The van der Waals surface area contributed by atoms with Crippen molar-refractivity contribution in [2.75, 3.05) is 5.88 Å². The molecule has 0 aromatic carbocycles. The van der Waals surface area contributed by atoms with Crippen molar-refractivity contribution >= 4 is 17.9 Å². The number of alkyl halides is 1. The molecule has 1 aliphatic carbocycles. The lowest BCUT2D eigenvalue weighted by Crippen LogP contribution is -2.25. The molecule has 0 N–H and O–H groups in total. The molecule has 0 aromatic heterocycles. The Balaban J connectivity index is 2.42. The van der Waals surface area contributed by atoms with E-state index in [0.717, 1.165) is 25.7 Å². The quantitative estimate of drug-likeness (QED) is 0.489. The van der Waals surface area contributed by atoms with Gasteiger partial charge in [0.1, 0.15) is 6.29 Å². The Morgan fingerprint density at radius 2 is 1.92 bits per heavy atom. The van der Waals surface area contributed by atoms with Gasteiger partial charge < -0.3 is 4.79 Å². The Hall–Kier alpha value is -0.0400. The van der Waals surface area contributed by atoms with Gasteiger partial charge in [-0.2, -0.15) is 0 Å². The zero-order chi connectivity index (χ0) is 8.86. The lowest BCUT2D eigenvalue weighted by molar-refractivity contribution is -0.118. The van der Waals surface area contributed by atoms with Crippen molar-refractivity contribution in [3.8, 4) is 0 Å². The molecular weight excluding hydrogens is 172 g/mol. The van der Waals surface area contributed by atoms with Crippen molar-refractivity contribution in [1.82, 2.24) is 0 Å². The van der Waals surface area contributed by atoms with Crippen LogP contribution >= 0.6 is 11.6 Å². The molecule has 0 atom stereocenters. The Kier molecular flexibility index (Phi) is 4.07. The number of aldehydes is 1. The van der Waals surface area contributed by atoms with Crippen molar-refractivity contribution in [2.45, 2.75) is 44.9 Å². The highest BCUT2D eigenvalue weighted by Gasteiger charge is 2.30. The van der Waals surface area contributed by atoms with Gasteiger partial charge in [0.15, 0.2) is 0 Å². The lowest BCUT2D eigenvalue weighted by atomic mass is 9.72. The molecule has 0 heterocycles. The van der Waals surface area contributed by atoms with Crippen LogP contribution in [0.2, 0.25) is 0 Å². The van der Waals surface area contributed by atoms with Gasteiger partial charge in [-0.1, -0.05) is 19.3 Å². The van der Waals surface area contributed by atoms with Crippen molar-refractivity contribution in [1.29, 1.82) is 0 Å². The van der Waals surface area contributed by atoms with Gasteiger partial charge in [-0.3, -0.25) is 0 Å². The highest BCUT2D eigenvalue weighted by atomic mass is 35.5. The van der Waals surface area contributed by atoms with E-state index in [1.54, 1.807) is 0 Å². The van der Waals surface area contributed by atoms with E-state index in [9.17, 15) is 4.79 Å². The second kappa shape index (κ2) is 4.86. The molecular formula is C10H17ClO. The first-order valence-corrected chi connectivity index (χ1v) is 5.39. The lowest BCUT2D eigenvalue weighted by Gasteiger charge is -2.31. The highest BCUT2D eigenvalue weighted by molar-refractivity contribution is 6.17. The summed E-state index contributed by atoms with van der Waals surface area (Å²) in [6.07, 6.45) is 9.10. The third kappa shape index (κ3) is 2.48. The van der Waals surface area contributed by atoms with Crippen molar-refractivity contribution in [3.05, 3.63) is 0 Å². The molecule has 0 aliphatic heterocycles. The van der Waals surface area contributed by atoms with Crippen LogP contribution in [0.25, 0.3) is 0 Å². The standard InChI is InChI=1S/C10H17ClO/c11-8-4-7-10(9-12)5-2-1-3-6-10/h9H,1-8H2. The molecule has 2 heteroatoms. The van der Waals surface area contributed by atoms with Crippen LogP contribution in [-0.2, 0) is 4.79 Å². The third-order valence-corrected chi connectivity index (χ3v) is 3.17.